The van der Waals surface area contributed by atoms with E-state index in [-0.39, 0.29) is 6.61 Å². The van der Waals surface area contributed by atoms with E-state index in [1.807, 2.05) is 24.3 Å². The second-order valence-corrected chi connectivity index (χ2v) is 8.40. The van der Waals surface area contributed by atoms with Crippen LogP contribution in [0.25, 0.3) is 10.9 Å². The molecule has 0 unspecified atom stereocenters. The minimum Gasteiger partial charge on any atom is -0.396 e. The monoisotopic (exact) mass is 486 g/mol. The van der Waals surface area contributed by atoms with Gasteiger partial charge in [-0.15, -0.1) is 0 Å². The molecule has 0 atom stereocenters. The smallest absolute Gasteiger partial charge is 0.232 e. The molecule has 1 fully saturated rings. The number of pyridine rings is 1. The molecule has 182 valence electrons. The van der Waals surface area contributed by atoms with Crippen molar-refractivity contribution in [1.29, 1.82) is 0 Å². The average molecular weight is 487 g/mol. The maximum absolute atomic E-state index is 8.99. The molecule has 0 spiro atoms. The molecule has 1 aromatic carbocycles. The molecule has 10 nitrogen and oxygen atoms in total. The van der Waals surface area contributed by atoms with Crippen LogP contribution in [-0.2, 0) is 4.74 Å². The lowest BCUT2D eigenvalue weighted by molar-refractivity contribution is 0.122. The van der Waals surface area contributed by atoms with Gasteiger partial charge in [-0.25, -0.2) is 0 Å². The van der Waals surface area contributed by atoms with Crippen molar-refractivity contribution in [2.75, 3.05) is 73.4 Å². The summed E-state index contributed by atoms with van der Waals surface area (Å²) in [5, 5.41) is 20.8. The summed E-state index contributed by atoms with van der Waals surface area (Å²) in [6, 6.07) is 7.70. The van der Waals surface area contributed by atoms with Crippen LogP contribution in [0.2, 0.25) is 5.02 Å². The highest BCUT2D eigenvalue weighted by Gasteiger charge is 2.16. The highest BCUT2D eigenvalue weighted by molar-refractivity contribution is 6.31. The number of halogens is 1. The van der Waals surface area contributed by atoms with Crippen molar-refractivity contribution in [1.82, 2.24) is 19.9 Å². The number of aromatic nitrogens is 4. The molecule has 0 saturated carbocycles. The van der Waals surface area contributed by atoms with Crippen LogP contribution in [0.5, 0.6) is 0 Å². The standard InChI is InChI=1S/C23H31ClN8O2/c24-17-4-5-18-19(6-10-26-20(18)16-17)25-8-3-9-28-22-29-21(27-7-1-2-13-33)30-23(31-22)32-11-14-34-15-12-32/h4-6,10,16,33H,1-3,7-9,11-15H2,(H,25,26)(H2,27,28,29,30,31). The quantitative estimate of drug-likeness (QED) is 0.284. The molecule has 4 N–H and O–H groups in total. The van der Waals surface area contributed by atoms with Gasteiger partial charge in [-0.3, -0.25) is 4.98 Å². The van der Waals surface area contributed by atoms with Gasteiger partial charge in [-0.2, -0.15) is 15.0 Å². The van der Waals surface area contributed by atoms with Crippen molar-refractivity contribution < 1.29 is 9.84 Å². The van der Waals surface area contributed by atoms with Gasteiger partial charge in [-0.1, -0.05) is 11.6 Å². The SMILES string of the molecule is OCCCCNc1nc(NCCCNc2ccnc3cc(Cl)ccc23)nc(N2CCOCC2)n1. The Morgan fingerprint density at radius 3 is 2.41 bits per heavy atom. The number of unbranched alkanes of at least 4 members (excludes halogenated alkanes) is 1. The van der Waals surface area contributed by atoms with E-state index in [1.165, 1.54) is 0 Å². The first-order valence-electron chi connectivity index (χ1n) is 11.7. The molecule has 0 bridgehead atoms. The van der Waals surface area contributed by atoms with Crippen molar-refractivity contribution in [2.45, 2.75) is 19.3 Å². The second kappa shape index (κ2) is 12.5. The molecule has 34 heavy (non-hydrogen) atoms. The number of aliphatic hydroxyl groups excluding tert-OH is 1. The zero-order valence-electron chi connectivity index (χ0n) is 19.1. The van der Waals surface area contributed by atoms with Crippen molar-refractivity contribution in [3.63, 3.8) is 0 Å². The molecule has 2 aromatic heterocycles. The molecule has 3 aromatic rings. The van der Waals surface area contributed by atoms with Gasteiger partial charge in [0.05, 0.1) is 18.7 Å². The molecule has 11 heteroatoms. The Hall–Kier alpha value is -2.95. The fraction of sp³-hybridized carbons (Fsp3) is 0.478. The number of morpholine rings is 1. The van der Waals surface area contributed by atoms with E-state index in [1.54, 1.807) is 6.20 Å². The molecule has 0 aliphatic carbocycles. The van der Waals surface area contributed by atoms with Gasteiger partial charge in [0.2, 0.25) is 17.8 Å². The Morgan fingerprint density at radius 1 is 0.912 bits per heavy atom. The molecule has 1 aliphatic heterocycles. The summed E-state index contributed by atoms with van der Waals surface area (Å²) in [5.41, 5.74) is 1.90. The minimum absolute atomic E-state index is 0.182. The van der Waals surface area contributed by atoms with Crippen molar-refractivity contribution in [3.8, 4) is 0 Å². The highest BCUT2D eigenvalue weighted by Crippen LogP contribution is 2.24. The second-order valence-electron chi connectivity index (χ2n) is 7.97. The third-order valence-corrected chi connectivity index (χ3v) is 5.68. The lowest BCUT2D eigenvalue weighted by atomic mass is 10.2. The summed E-state index contributed by atoms with van der Waals surface area (Å²) in [4.78, 5) is 20.2. The van der Waals surface area contributed by atoms with Crippen LogP contribution in [0.4, 0.5) is 23.5 Å². The maximum atomic E-state index is 8.99. The van der Waals surface area contributed by atoms with Gasteiger partial charge < -0.3 is 30.7 Å². The van der Waals surface area contributed by atoms with Crippen LogP contribution < -0.4 is 20.9 Å². The van der Waals surface area contributed by atoms with Gasteiger partial charge >= 0.3 is 0 Å². The van der Waals surface area contributed by atoms with E-state index in [9.17, 15) is 0 Å². The van der Waals surface area contributed by atoms with Gasteiger partial charge in [0, 0.05) is 61.6 Å². The molecule has 1 aliphatic rings. The van der Waals surface area contributed by atoms with Crippen LogP contribution in [0.1, 0.15) is 19.3 Å². The number of hydrogen-bond acceptors (Lipinski definition) is 10. The van der Waals surface area contributed by atoms with Crippen molar-refractivity contribution >= 4 is 46.0 Å². The van der Waals surface area contributed by atoms with E-state index >= 15 is 0 Å². The van der Waals surface area contributed by atoms with Gasteiger partial charge in [0.15, 0.2) is 0 Å². The number of aliphatic hydroxyl groups is 1. The fourth-order valence-corrected chi connectivity index (χ4v) is 3.82. The first kappa shape index (κ1) is 24.2. The van der Waals surface area contributed by atoms with Crippen LogP contribution in [0.15, 0.2) is 30.5 Å². The lowest BCUT2D eigenvalue weighted by Gasteiger charge is -2.27. The maximum Gasteiger partial charge on any atom is 0.232 e. The van der Waals surface area contributed by atoms with E-state index in [2.05, 4.69) is 40.8 Å². The number of benzene rings is 1. The Labute approximate surface area is 204 Å². The van der Waals surface area contributed by atoms with E-state index < -0.39 is 0 Å². The first-order valence-corrected chi connectivity index (χ1v) is 12.1. The number of hydrogen-bond donors (Lipinski definition) is 4. The molecule has 0 radical (unpaired) electrons. The van der Waals surface area contributed by atoms with Crippen molar-refractivity contribution in [3.05, 3.63) is 35.5 Å². The Kier molecular flexibility index (Phi) is 8.89. The number of nitrogens with zero attached hydrogens (tertiary/aromatic N) is 5. The van der Waals surface area contributed by atoms with Crippen molar-refractivity contribution in [2.24, 2.45) is 0 Å². The Morgan fingerprint density at radius 2 is 1.65 bits per heavy atom. The topological polar surface area (TPSA) is 120 Å². The predicted molar refractivity (Wildman–Crippen MR) is 136 cm³/mol. The van der Waals surface area contributed by atoms with E-state index in [0.29, 0.717) is 49.2 Å². The molecule has 1 saturated heterocycles. The number of anilines is 4. The normalized spacial score (nSPS) is 13.8. The van der Waals surface area contributed by atoms with Crippen LogP contribution in [0, 0.1) is 0 Å². The Bertz CT molecular complexity index is 1060. The van der Waals surface area contributed by atoms with Gasteiger partial charge in [0.1, 0.15) is 0 Å². The molecular weight excluding hydrogens is 456 g/mol. The molecular formula is C23H31ClN8O2. The predicted octanol–water partition coefficient (Wildman–Crippen LogP) is 3.01. The van der Waals surface area contributed by atoms with Gasteiger partial charge in [-0.05, 0) is 43.5 Å². The van der Waals surface area contributed by atoms with Crippen LogP contribution >= 0.6 is 11.6 Å². The summed E-state index contributed by atoms with van der Waals surface area (Å²) in [6.45, 7) is 5.19. The lowest BCUT2D eigenvalue weighted by Crippen LogP contribution is -2.37. The fourth-order valence-electron chi connectivity index (χ4n) is 3.65. The summed E-state index contributed by atoms with van der Waals surface area (Å²) in [7, 11) is 0. The zero-order valence-corrected chi connectivity index (χ0v) is 19.9. The van der Waals surface area contributed by atoms with Crippen LogP contribution in [-0.4, -0.2) is 77.6 Å². The summed E-state index contributed by atoms with van der Waals surface area (Å²) < 4.78 is 5.45. The summed E-state index contributed by atoms with van der Waals surface area (Å²) >= 11 is 6.08. The van der Waals surface area contributed by atoms with E-state index in [4.69, 9.17) is 21.4 Å². The average Bonchev–Trinajstić information content (AvgIpc) is 2.87. The molecule has 3 heterocycles. The highest BCUT2D eigenvalue weighted by atomic mass is 35.5. The third kappa shape index (κ3) is 6.78. The molecule has 0 amide bonds. The Balaban J connectivity index is 1.33. The number of ether oxygens (including phenoxy) is 1. The number of fused-ring (bicyclic) bond motifs is 1. The molecule has 4 rings (SSSR count). The van der Waals surface area contributed by atoms with E-state index in [0.717, 1.165) is 55.5 Å². The zero-order chi connectivity index (χ0) is 23.6. The summed E-state index contributed by atoms with van der Waals surface area (Å²) in [5.74, 6) is 1.73. The number of nitrogens with one attached hydrogen (secondary N) is 3. The van der Waals surface area contributed by atoms with Gasteiger partial charge in [0.25, 0.3) is 0 Å². The third-order valence-electron chi connectivity index (χ3n) is 5.44. The largest absolute Gasteiger partial charge is 0.396 e. The first-order chi connectivity index (χ1) is 16.7. The summed E-state index contributed by atoms with van der Waals surface area (Å²) in [6.07, 6.45) is 4.24. The minimum atomic E-state index is 0.182. The van der Waals surface area contributed by atoms with Crippen LogP contribution in [0.3, 0.4) is 0 Å². The number of rotatable bonds is 12.